The molecule has 0 aromatic heterocycles. The van der Waals surface area contributed by atoms with Crippen molar-refractivity contribution in [1.29, 1.82) is 0 Å². The van der Waals surface area contributed by atoms with Gasteiger partial charge in [0.1, 0.15) is 0 Å². The average Bonchev–Trinajstić information content (AvgIpc) is 2.51. The molecule has 0 nitrogen and oxygen atoms in total. The van der Waals surface area contributed by atoms with Gasteiger partial charge in [-0.05, 0) is 37.0 Å². The lowest BCUT2D eigenvalue weighted by atomic mass is 9.96. The van der Waals surface area contributed by atoms with E-state index in [0.717, 1.165) is 0 Å². The minimum atomic E-state index is -2.45. The number of hydrogen-bond donors (Lipinski definition) is 0. The van der Waals surface area contributed by atoms with Gasteiger partial charge in [0.25, 0.3) is 0 Å². The molecule has 22 heavy (non-hydrogen) atoms. The summed E-state index contributed by atoms with van der Waals surface area (Å²) in [5.41, 5.74) is 0.365. The molecule has 0 heterocycles. The van der Waals surface area contributed by atoms with E-state index in [1.54, 1.807) is 0 Å². The van der Waals surface area contributed by atoms with Crippen molar-refractivity contribution >= 4 is 42.5 Å². The Balaban J connectivity index is 0.00000176. The number of benzene rings is 2. The van der Waals surface area contributed by atoms with Gasteiger partial charge in [0.15, 0.2) is 0 Å². The molecule has 3 rings (SSSR count). The van der Waals surface area contributed by atoms with Crippen LogP contribution in [0.5, 0.6) is 0 Å². The Morgan fingerprint density at radius 3 is 1.59 bits per heavy atom. The summed E-state index contributed by atoms with van der Waals surface area (Å²) in [6.45, 7) is 0. The number of rotatable bonds is 3. The predicted octanol–water partition coefficient (Wildman–Crippen LogP) is 5.32. The summed E-state index contributed by atoms with van der Waals surface area (Å²) in [4.78, 5) is 0. The van der Waals surface area contributed by atoms with E-state index in [2.05, 4.69) is 24.3 Å². The van der Waals surface area contributed by atoms with E-state index in [1.807, 2.05) is 36.4 Å². The Morgan fingerprint density at radius 2 is 1.18 bits per heavy atom. The van der Waals surface area contributed by atoms with Gasteiger partial charge in [-0.25, -0.2) is 8.78 Å². The van der Waals surface area contributed by atoms with Crippen molar-refractivity contribution in [1.82, 2.24) is 0 Å². The summed E-state index contributed by atoms with van der Waals surface area (Å²) >= 11 is 0. The highest BCUT2D eigenvalue weighted by Crippen LogP contribution is 2.49. The summed E-state index contributed by atoms with van der Waals surface area (Å²) in [6, 6.07) is 20.8. The average molecular weight is 432 g/mol. The normalized spacial score (nSPS) is 18.0. The standard InChI is InChI=1S/C18H19F2P.HI/c19-18(20)13-11-17(12-14-18)21(15-7-3-1-4-8-15)16-9-5-2-6-10-16;/h1-10,17H,11-14H2;1H. The van der Waals surface area contributed by atoms with Crippen LogP contribution in [-0.2, 0) is 0 Å². The summed E-state index contributed by atoms with van der Waals surface area (Å²) < 4.78 is 26.9. The molecular formula is C18H20F2IP. The molecule has 0 atom stereocenters. The van der Waals surface area contributed by atoms with Crippen molar-refractivity contribution in [3.63, 3.8) is 0 Å². The Morgan fingerprint density at radius 1 is 0.773 bits per heavy atom. The van der Waals surface area contributed by atoms with Gasteiger partial charge < -0.3 is 0 Å². The molecule has 0 saturated heterocycles. The van der Waals surface area contributed by atoms with Crippen LogP contribution in [0, 0.1) is 0 Å². The lowest BCUT2D eigenvalue weighted by molar-refractivity contribution is -0.0326. The maximum absolute atomic E-state index is 13.5. The van der Waals surface area contributed by atoms with Gasteiger partial charge in [0.2, 0.25) is 5.92 Å². The maximum atomic E-state index is 13.5. The van der Waals surface area contributed by atoms with Crippen molar-refractivity contribution in [3.8, 4) is 0 Å². The number of hydrogen-bond acceptors (Lipinski definition) is 0. The summed E-state index contributed by atoms with van der Waals surface area (Å²) in [5.74, 6) is -2.45. The first-order valence-electron chi connectivity index (χ1n) is 7.43. The molecule has 1 fully saturated rings. The van der Waals surface area contributed by atoms with Crippen molar-refractivity contribution in [2.45, 2.75) is 37.3 Å². The van der Waals surface area contributed by atoms with E-state index >= 15 is 0 Å². The monoisotopic (exact) mass is 432 g/mol. The second kappa shape index (κ2) is 7.83. The van der Waals surface area contributed by atoms with Crippen molar-refractivity contribution in [2.24, 2.45) is 0 Å². The van der Waals surface area contributed by atoms with Crippen LogP contribution in [0.3, 0.4) is 0 Å². The predicted molar refractivity (Wildman–Crippen MR) is 102 cm³/mol. The fourth-order valence-corrected chi connectivity index (χ4v) is 5.93. The smallest absolute Gasteiger partial charge is 0.207 e. The zero-order valence-electron chi connectivity index (χ0n) is 12.3. The highest BCUT2D eigenvalue weighted by atomic mass is 127. The van der Waals surface area contributed by atoms with Gasteiger partial charge in [0, 0.05) is 12.8 Å². The van der Waals surface area contributed by atoms with Gasteiger partial charge in [-0.15, -0.1) is 24.0 Å². The fraction of sp³-hybridized carbons (Fsp3) is 0.333. The Hall–Kier alpha value is -0.540. The van der Waals surface area contributed by atoms with Gasteiger partial charge in [0.05, 0.1) is 0 Å². The lowest BCUT2D eigenvalue weighted by Crippen LogP contribution is -2.31. The molecule has 0 aliphatic heterocycles. The lowest BCUT2D eigenvalue weighted by Gasteiger charge is -2.34. The van der Waals surface area contributed by atoms with Crippen LogP contribution < -0.4 is 10.6 Å². The molecule has 0 unspecified atom stereocenters. The quantitative estimate of drug-likeness (QED) is 0.456. The van der Waals surface area contributed by atoms with Crippen LogP contribution >= 0.6 is 31.9 Å². The summed E-state index contributed by atoms with van der Waals surface area (Å²) in [7, 11) is -0.544. The molecule has 2 aromatic rings. The van der Waals surface area contributed by atoms with Crippen molar-refractivity contribution in [3.05, 3.63) is 60.7 Å². The topological polar surface area (TPSA) is 0 Å². The van der Waals surface area contributed by atoms with E-state index < -0.39 is 13.8 Å². The Kier molecular flexibility index (Phi) is 6.34. The Labute approximate surface area is 149 Å². The van der Waals surface area contributed by atoms with Crippen LogP contribution in [0.4, 0.5) is 8.78 Å². The van der Waals surface area contributed by atoms with Crippen molar-refractivity contribution in [2.75, 3.05) is 0 Å². The molecule has 1 saturated carbocycles. The number of halogens is 3. The fourth-order valence-electron chi connectivity index (χ4n) is 3.03. The van der Waals surface area contributed by atoms with Crippen LogP contribution in [-0.4, -0.2) is 11.6 Å². The second-order valence-corrected chi connectivity index (χ2v) is 8.13. The van der Waals surface area contributed by atoms with E-state index in [9.17, 15) is 8.78 Å². The zero-order valence-corrected chi connectivity index (χ0v) is 15.5. The minimum absolute atomic E-state index is 0. The molecule has 4 heteroatoms. The third kappa shape index (κ3) is 4.26. The molecular weight excluding hydrogens is 412 g/mol. The summed E-state index contributed by atoms with van der Waals surface area (Å²) in [6.07, 6.45) is 1.33. The van der Waals surface area contributed by atoms with Gasteiger partial charge >= 0.3 is 0 Å². The second-order valence-electron chi connectivity index (χ2n) is 5.63. The highest BCUT2D eigenvalue weighted by molar-refractivity contribution is 14.0. The van der Waals surface area contributed by atoms with Gasteiger partial charge in [-0.3, -0.25) is 0 Å². The number of alkyl halides is 2. The summed E-state index contributed by atoms with van der Waals surface area (Å²) in [5, 5.41) is 2.60. The zero-order chi connectivity index (χ0) is 14.7. The molecule has 1 aliphatic rings. The molecule has 0 N–H and O–H groups in total. The molecule has 2 aromatic carbocycles. The van der Waals surface area contributed by atoms with E-state index in [-0.39, 0.29) is 36.8 Å². The molecule has 0 radical (unpaired) electrons. The first kappa shape index (κ1) is 17.8. The third-order valence-electron chi connectivity index (χ3n) is 4.12. The van der Waals surface area contributed by atoms with Gasteiger partial charge in [-0.2, -0.15) is 0 Å². The SMILES string of the molecule is FC1(F)CCC(P(c2ccccc2)c2ccccc2)CC1.I. The van der Waals surface area contributed by atoms with Crippen LogP contribution in [0.2, 0.25) is 0 Å². The van der Waals surface area contributed by atoms with Crippen LogP contribution in [0.1, 0.15) is 25.7 Å². The highest BCUT2D eigenvalue weighted by Gasteiger charge is 2.38. The Bertz CT molecular complexity index is 525. The first-order chi connectivity index (χ1) is 10.2. The van der Waals surface area contributed by atoms with E-state index in [4.69, 9.17) is 0 Å². The van der Waals surface area contributed by atoms with E-state index in [1.165, 1.54) is 10.6 Å². The van der Waals surface area contributed by atoms with E-state index in [0.29, 0.717) is 18.5 Å². The van der Waals surface area contributed by atoms with Crippen LogP contribution in [0.15, 0.2) is 60.7 Å². The maximum Gasteiger partial charge on any atom is 0.248 e. The van der Waals surface area contributed by atoms with Gasteiger partial charge in [-0.1, -0.05) is 60.7 Å². The molecule has 118 valence electrons. The third-order valence-corrected chi connectivity index (χ3v) is 7.08. The van der Waals surface area contributed by atoms with Crippen molar-refractivity contribution < 1.29 is 8.78 Å². The first-order valence-corrected chi connectivity index (χ1v) is 8.84. The minimum Gasteiger partial charge on any atom is -0.207 e. The molecule has 0 spiro atoms. The molecule has 0 bridgehead atoms. The molecule has 1 aliphatic carbocycles. The van der Waals surface area contributed by atoms with Crippen LogP contribution in [0.25, 0.3) is 0 Å². The largest absolute Gasteiger partial charge is 0.248 e. The molecule has 0 amide bonds.